The van der Waals surface area contributed by atoms with Gasteiger partial charge in [-0.1, -0.05) is 41.9 Å². The number of fused-ring (bicyclic) bond motifs is 1. The zero-order valence-corrected chi connectivity index (χ0v) is 21.8. The maximum atomic E-state index is 13.5. The van der Waals surface area contributed by atoms with Crippen LogP contribution in [0.4, 0.5) is 17.1 Å². The van der Waals surface area contributed by atoms with E-state index in [0.29, 0.717) is 38.6 Å². The SMILES string of the molecule is CC(=O)Nc1ccc(Oc2cc(NC(=O)c3cc(-c4ccc(Cl)cc4)nc4ccccc34)cc([N+](=O)[O-])c2)cc1. The molecule has 0 saturated heterocycles. The first-order valence-corrected chi connectivity index (χ1v) is 12.4. The van der Waals surface area contributed by atoms with E-state index in [0.717, 1.165) is 5.56 Å². The van der Waals surface area contributed by atoms with Gasteiger partial charge in [-0.2, -0.15) is 0 Å². The van der Waals surface area contributed by atoms with Gasteiger partial charge in [-0.25, -0.2) is 4.98 Å². The molecule has 2 amide bonds. The average molecular weight is 553 g/mol. The van der Waals surface area contributed by atoms with Crippen molar-refractivity contribution >= 4 is 51.4 Å². The number of pyridine rings is 1. The van der Waals surface area contributed by atoms with Crippen LogP contribution in [0.5, 0.6) is 11.5 Å². The summed E-state index contributed by atoms with van der Waals surface area (Å²) in [4.78, 5) is 40.5. The van der Waals surface area contributed by atoms with E-state index in [1.807, 2.05) is 24.3 Å². The number of rotatable bonds is 7. The van der Waals surface area contributed by atoms with E-state index >= 15 is 0 Å². The first-order chi connectivity index (χ1) is 19.2. The molecule has 0 spiro atoms. The fourth-order valence-electron chi connectivity index (χ4n) is 4.10. The minimum absolute atomic E-state index is 0.151. The zero-order chi connectivity index (χ0) is 28.2. The number of anilines is 2. The molecule has 0 aliphatic carbocycles. The molecule has 0 atom stereocenters. The lowest BCUT2D eigenvalue weighted by atomic mass is 10.0. The lowest BCUT2D eigenvalue weighted by Gasteiger charge is -2.12. The standard InChI is InChI=1S/C30H21ClN4O5/c1-18(36)32-21-10-12-24(13-11-21)40-25-15-22(14-23(16-25)35(38)39)33-30(37)27-17-29(19-6-8-20(31)9-7-19)34-28-5-3-2-4-26(27)28/h2-17H,1H3,(H,32,36)(H,33,37). The van der Waals surface area contributed by atoms with Gasteiger partial charge in [0.25, 0.3) is 11.6 Å². The number of carbonyl (C=O) groups is 2. The Kier molecular flexibility index (Phi) is 7.39. The van der Waals surface area contributed by atoms with Gasteiger partial charge < -0.3 is 15.4 Å². The molecule has 1 aromatic heterocycles. The van der Waals surface area contributed by atoms with Crippen LogP contribution in [-0.4, -0.2) is 21.7 Å². The molecule has 0 saturated carbocycles. The van der Waals surface area contributed by atoms with E-state index in [1.165, 1.54) is 25.1 Å². The van der Waals surface area contributed by atoms with Crippen LogP contribution in [0.15, 0.2) is 97.1 Å². The van der Waals surface area contributed by atoms with Gasteiger partial charge in [0.1, 0.15) is 11.5 Å². The van der Waals surface area contributed by atoms with Crippen LogP contribution >= 0.6 is 11.6 Å². The number of non-ortho nitro benzene ring substituents is 1. The van der Waals surface area contributed by atoms with Crippen LogP contribution in [0.3, 0.4) is 0 Å². The summed E-state index contributed by atoms with van der Waals surface area (Å²) >= 11 is 6.03. The van der Waals surface area contributed by atoms with Gasteiger partial charge in [-0.05, 0) is 48.5 Å². The molecule has 198 valence electrons. The average Bonchev–Trinajstić information content (AvgIpc) is 2.93. The highest BCUT2D eigenvalue weighted by molar-refractivity contribution is 6.30. The van der Waals surface area contributed by atoms with Gasteiger partial charge in [0.15, 0.2) is 0 Å². The second-order valence-corrected chi connectivity index (χ2v) is 9.25. The molecule has 0 bridgehead atoms. The number of nitro groups is 1. The van der Waals surface area contributed by atoms with E-state index in [2.05, 4.69) is 15.6 Å². The molecule has 0 aliphatic rings. The largest absolute Gasteiger partial charge is 0.457 e. The maximum absolute atomic E-state index is 13.5. The summed E-state index contributed by atoms with van der Waals surface area (Å²) in [7, 11) is 0. The van der Waals surface area contributed by atoms with Crippen molar-refractivity contribution in [2.24, 2.45) is 0 Å². The van der Waals surface area contributed by atoms with Gasteiger partial charge >= 0.3 is 0 Å². The molecule has 2 N–H and O–H groups in total. The summed E-state index contributed by atoms with van der Waals surface area (Å²) in [6.07, 6.45) is 0. The lowest BCUT2D eigenvalue weighted by molar-refractivity contribution is -0.384. The molecule has 5 aromatic rings. The summed E-state index contributed by atoms with van der Waals surface area (Å²) in [6, 6.07) is 26.5. The third kappa shape index (κ3) is 6.06. The molecular formula is C30H21ClN4O5. The van der Waals surface area contributed by atoms with Gasteiger partial charge in [-0.15, -0.1) is 0 Å². The molecular weight excluding hydrogens is 532 g/mol. The number of amides is 2. The predicted octanol–water partition coefficient (Wildman–Crippen LogP) is 7.47. The first kappa shape index (κ1) is 26.3. The van der Waals surface area contributed by atoms with E-state index in [1.54, 1.807) is 54.6 Å². The van der Waals surface area contributed by atoms with Crippen molar-refractivity contribution in [1.82, 2.24) is 4.98 Å². The highest BCUT2D eigenvalue weighted by Crippen LogP contribution is 2.32. The number of para-hydroxylation sites is 1. The van der Waals surface area contributed by atoms with Crippen molar-refractivity contribution in [3.05, 3.63) is 118 Å². The third-order valence-electron chi connectivity index (χ3n) is 5.87. The van der Waals surface area contributed by atoms with Crippen molar-refractivity contribution in [1.29, 1.82) is 0 Å². The van der Waals surface area contributed by atoms with Crippen LogP contribution in [0.1, 0.15) is 17.3 Å². The van der Waals surface area contributed by atoms with Gasteiger partial charge in [0.05, 0.1) is 33.5 Å². The van der Waals surface area contributed by atoms with E-state index in [9.17, 15) is 19.7 Å². The van der Waals surface area contributed by atoms with Gasteiger partial charge in [-0.3, -0.25) is 19.7 Å². The Balaban J connectivity index is 1.47. The molecule has 1 heterocycles. The monoisotopic (exact) mass is 552 g/mol. The third-order valence-corrected chi connectivity index (χ3v) is 6.12. The topological polar surface area (TPSA) is 123 Å². The molecule has 9 nitrogen and oxygen atoms in total. The second kappa shape index (κ2) is 11.2. The Bertz CT molecular complexity index is 1760. The van der Waals surface area contributed by atoms with Gasteiger partial charge in [0, 0.05) is 40.7 Å². The van der Waals surface area contributed by atoms with Crippen LogP contribution < -0.4 is 15.4 Å². The molecule has 5 rings (SSSR count). The van der Waals surface area contributed by atoms with Crippen molar-refractivity contribution in [3.8, 4) is 22.8 Å². The Morgan fingerprint density at radius 3 is 2.27 bits per heavy atom. The number of aromatic nitrogens is 1. The number of benzene rings is 4. The van der Waals surface area contributed by atoms with Crippen molar-refractivity contribution in [2.75, 3.05) is 10.6 Å². The first-order valence-electron chi connectivity index (χ1n) is 12.1. The Hall–Kier alpha value is -5.28. The van der Waals surface area contributed by atoms with Crippen molar-refractivity contribution < 1.29 is 19.2 Å². The molecule has 0 unspecified atom stereocenters. The summed E-state index contributed by atoms with van der Waals surface area (Å²) in [5, 5.41) is 18.3. The quantitative estimate of drug-likeness (QED) is 0.159. The summed E-state index contributed by atoms with van der Waals surface area (Å²) in [5.41, 5.74) is 2.81. The molecule has 10 heteroatoms. The lowest BCUT2D eigenvalue weighted by Crippen LogP contribution is -2.13. The highest BCUT2D eigenvalue weighted by atomic mass is 35.5. The number of nitro benzene ring substituents is 1. The highest BCUT2D eigenvalue weighted by Gasteiger charge is 2.17. The summed E-state index contributed by atoms with van der Waals surface area (Å²) in [6.45, 7) is 1.40. The van der Waals surface area contributed by atoms with E-state index in [4.69, 9.17) is 16.3 Å². The summed E-state index contributed by atoms with van der Waals surface area (Å²) in [5.74, 6) is -0.146. The molecule has 0 radical (unpaired) electrons. The molecule has 40 heavy (non-hydrogen) atoms. The predicted molar refractivity (Wildman–Crippen MR) is 154 cm³/mol. The van der Waals surface area contributed by atoms with Crippen LogP contribution in [0.2, 0.25) is 5.02 Å². The molecule has 4 aromatic carbocycles. The van der Waals surface area contributed by atoms with Gasteiger partial charge in [0.2, 0.25) is 5.91 Å². The number of halogens is 1. The van der Waals surface area contributed by atoms with E-state index < -0.39 is 10.8 Å². The number of nitrogens with one attached hydrogen (secondary N) is 2. The normalized spacial score (nSPS) is 10.7. The number of nitrogens with zero attached hydrogens (tertiary/aromatic N) is 2. The molecule has 0 fully saturated rings. The Labute approximate surface area is 233 Å². The number of carbonyl (C=O) groups excluding carboxylic acids is 2. The number of ether oxygens (including phenoxy) is 1. The van der Waals surface area contributed by atoms with Crippen LogP contribution in [-0.2, 0) is 4.79 Å². The van der Waals surface area contributed by atoms with Crippen LogP contribution in [0.25, 0.3) is 22.2 Å². The zero-order valence-electron chi connectivity index (χ0n) is 21.1. The Morgan fingerprint density at radius 1 is 0.850 bits per heavy atom. The number of hydrogen-bond acceptors (Lipinski definition) is 6. The fraction of sp³-hybridized carbons (Fsp3) is 0.0333. The number of hydrogen-bond donors (Lipinski definition) is 2. The maximum Gasteiger partial charge on any atom is 0.275 e. The van der Waals surface area contributed by atoms with Crippen molar-refractivity contribution in [2.45, 2.75) is 6.92 Å². The minimum Gasteiger partial charge on any atom is -0.457 e. The van der Waals surface area contributed by atoms with Crippen molar-refractivity contribution in [3.63, 3.8) is 0 Å². The second-order valence-electron chi connectivity index (χ2n) is 8.81. The fourth-order valence-corrected chi connectivity index (χ4v) is 4.22. The van der Waals surface area contributed by atoms with Crippen LogP contribution in [0, 0.1) is 10.1 Å². The van der Waals surface area contributed by atoms with E-state index in [-0.39, 0.29) is 23.0 Å². The molecule has 0 aliphatic heterocycles. The summed E-state index contributed by atoms with van der Waals surface area (Å²) < 4.78 is 5.82. The smallest absolute Gasteiger partial charge is 0.275 e. The minimum atomic E-state index is -0.567. The Morgan fingerprint density at radius 2 is 1.57 bits per heavy atom.